The molecule has 1 aromatic carbocycles. The second kappa shape index (κ2) is 8.10. The van der Waals surface area contributed by atoms with E-state index in [9.17, 15) is 9.59 Å². The second-order valence-electron chi connectivity index (χ2n) is 6.96. The number of nitrogens with zero attached hydrogens (tertiary/aromatic N) is 1. The number of amides is 2. The molecule has 0 radical (unpaired) electrons. The average Bonchev–Trinajstić information content (AvgIpc) is 2.72. The van der Waals surface area contributed by atoms with Crippen molar-refractivity contribution in [1.29, 1.82) is 0 Å². The molecule has 4 rings (SSSR count). The van der Waals surface area contributed by atoms with Crippen LogP contribution < -0.4 is 15.5 Å². The number of aromatic nitrogens is 1. The minimum absolute atomic E-state index is 0.0392. The van der Waals surface area contributed by atoms with Crippen LogP contribution in [0.1, 0.15) is 35.2 Å². The maximum atomic E-state index is 12.6. The molecule has 2 aromatic rings. The van der Waals surface area contributed by atoms with Gasteiger partial charge in [0.1, 0.15) is 0 Å². The Bertz CT molecular complexity index is 837. The molecular weight excluding hydrogens is 360 g/mol. The Hall–Kier alpha value is -2.38. The first-order chi connectivity index (χ1) is 13.2. The number of likely N-dealkylation sites (tertiary alicyclic amines) is 1. The van der Waals surface area contributed by atoms with Gasteiger partial charge in [-0.1, -0.05) is 17.8 Å². The van der Waals surface area contributed by atoms with Crippen LogP contribution in [0.4, 0.5) is 5.69 Å². The molecule has 1 atom stereocenters. The third-order valence-corrected chi connectivity index (χ3v) is 6.42. The number of hydrogen-bond acceptors (Lipinski definition) is 4. The highest BCUT2D eigenvalue weighted by Crippen LogP contribution is 2.34. The van der Waals surface area contributed by atoms with E-state index in [4.69, 9.17) is 0 Å². The fourth-order valence-electron chi connectivity index (χ4n) is 3.57. The quantitative estimate of drug-likeness (QED) is 0.747. The van der Waals surface area contributed by atoms with Gasteiger partial charge in [-0.3, -0.25) is 14.6 Å². The highest BCUT2D eigenvalue weighted by atomic mass is 32.2. The van der Waals surface area contributed by atoms with Crippen LogP contribution in [0.15, 0.2) is 47.6 Å². The maximum absolute atomic E-state index is 12.6. The van der Waals surface area contributed by atoms with Gasteiger partial charge in [0, 0.05) is 29.4 Å². The number of nitrogens with one attached hydrogen (secondary N) is 3. The molecule has 2 aliphatic rings. The largest absolute Gasteiger partial charge is 0.348 e. The van der Waals surface area contributed by atoms with Crippen molar-refractivity contribution in [2.24, 2.45) is 0 Å². The zero-order chi connectivity index (χ0) is 18.6. The minimum Gasteiger partial charge on any atom is -0.348 e. The summed E-state index contributed by atoms with van der Waals surface area (Å²) in [5, 5.41) is 5.80. The lowest BCUT2D eigenvalue weighted by atomic mass is 10.1. The van der Waals surface area contributed by atoms with E-state index in [2.05, 4.69) is 15.6 Å². The Labute approximate surface area is 162 Å². The van der Waals surface area contributed by atoms with E-state index < -0.39 is 0 Å². The van der Waals surface area contributed by atoms with Crippen molar-refractivity contribution >= 4 is 29.3 Å². The Morgan fingerprint density at radius 3 is 2.89 bits per heavy atom. The lowest BCUT2D eigenvalue weighted by Gasteiger charge is -2.33. The summed E-state index contributed by atoms with van der Waals surface area (Å²) < 4.78 is 0. The minimum atomic E-state index is -0.162. The van der Waals surface area contributed by atoms with Gasteiger partial charge in [-0.25, -0.2) is 0 Å². The number of quaternary nitrogens is 1. The van der Waals surface area contributed by atoms with Crippen LogP contribution in [0, 0.1) is 0 Å². The maximum Gasteiger partial charge on any atom is 0.294 e. The van der Waals surface area contributed by atoms with Crippen molar-refractivity contribution in [1.82, 2.24) is 10.3 Å². The van der Waals surface area contributed by atoms with Crippen molar-refractivity contribution in [2.45, 2.75) is 36.1 Å². The molecule has 7 heteroatoms. The molecule has 2 amide bonds. The number of fused-ring (bicyclic) bond motifs is 1. The van der Waals surface area contributed by atoms with E-state index >= 15 is 0 Å². The number of rotatable bonds is 4. The molecule has 0 bridgehead atoms. The number of piperidine rings is 1. The highest BCUT2D eigenvalue weighted by Gasteiger charge is 2.36. The lowest BCUT2D eigenvalue weighted by Crippen LogP contribution is -3.17. The van der Waals surface area contributed by atoms with Crippen LogP contribution in [0.3, 0.4) is 0 Å². The summed E-state index contributed by atoms with van der Waals surface area (Å²) in [5.41, 5.74) is 2.22. The smallest absolute Gasteiger partial charge is 0.294 e. The molecule has 3 heterocycles. The Kier molecular flexibility index (Phi) is 5.40. The normalized spacial score (nSPS) is 19.9. The standard InChI is InChI=1S/C20H22N4O2S/c25-18(22-13-14-5-4-8-21-12-14)15-6-7-17-16(11-15)23-19(26)20(27-17)24-9-2-1-3-10-24/h4-8,11-12,20H,1-3,9-10,13H2,(H,22,25)(H,23,26)/p+1. The van der Waals surface area contributed by atoms with E-state index in [0.717, 1.165) is 29.2 Å². The van der Waals surface area contributed by atoms with Gasteiger partial charge < -0.3 is 15.5 Å². The van der Waals surface area contributed by atoms with Gasteiger partial charge in [0.25, 0.3) is 11.8 Å². The van der Waals surface area contributed by atoms with E-state index in [-0.39, 0.29) is 17.2 Å². The van der Waals surface area contributed by atoms with Crippen molar-refractivity contribution in [3.8, 4) is 0 Å². The predicted octanol–water partition coefficient (Wildman–Crippen LogP) is 1.45. The topological polar surface area (TPSA) is 75.5 Å². The SMILES string of the molecule is O=C(NCc1cccnc1)c1ccc2c(c1)NC(=O)C([NH+]1CCCCC1)S2. The van der Waals surface area contributed by atoms with Crippen molar-refractivity contribution < 1.29 is 14.5 Å². The number of pyridine rings is 1. The summed E-state index contributed by atoms with van der Waals surface area (Å²) in [6.45, 7) is 2.52. The molecule has 0 spiro atoms. The number of anilines is 1. The van der Waals surface area contributed by atoms with Gasteiger partial charge in [0.05, 0.1) is 18.8 Å². The third-order valence-electron chi connectivity index (χ3n) is 5.03. The van der Waals surface area contributed by atoms with Gasteiger partial charge >= 0.3 is 0 Å². The number of carbonyl (C=O) groups excluding carboxylic acids is 2. The van der Waals surface area contributed by atoms with Crippen LogP contribution in [0.2, 0.25) is 0 Å². The first-order valence-electron chi connectivity index (χ1n) is 9.34. The Balaban J connectivity index is 1.44. The van der Waals surface area contributed by atoms with Crippen molar-refractivity contribution in [3.05, 3.63) is 53.9 Å². The summed E-state index contributed by atoms with van der Waals surface area (Å²) in [6, 6.07) is 9.29. The zero-order valence-corrected chi connectivity index (χ0v) is 15.8. The number of benzene rings is 1. The molecule has 1 unspecified atom stereocenters. The Morgan fingerprint density at radius 2 is 2.11 bits per heavy atom. The summed E-state index contributed by atoms with van der Waals surface area (Å²) >= 11 is 1.61. The molecule has 2 aliphatic heterocycles. The average molecular weight is 383 g/mol. The van der Waals surface area contributed by atoms with Crippen LogP contribution >= 0.6 is 11.8 Å². The molecule has 1 aromatic heterocycles. The van der Waals surface area contributed by atoms with Gasteiger partial charge in [0.2, 0.25) is 5.37 Å². The molecule has 1 fully saturated rings. The number of thioether (sulfide) groups is 1. The molecular formula is C20H23N4O2S+. The molecule has 27 heavy (non-hydrogen) atoms. The summed E-state index contributed by atoms with van der Waals surface area (Å²) in [5.74, 6) is -0.123. The van der Waals surface area contributed by atoms with Gasteiger partial charge in [-0.05, 0) is 49.1 Å². The zero-order valence-electron chi connectivity index (χ0n) is 15.0. The molecule has 140 valence electrons. The number of hydrogen-bond donors (Lipinski definition) is 3. The molecule has 0 aliphatic carbocycles. The Morgan fingerprint density at radius 1 is 1.26 bits per heavy atom. The van der Waals surface area contributed by atoms with E-state index in [1.54, 1.807) is 30.2 Å². The highest BCUT2D eigenvalue weighted by molar-refractivity contribution is 8.00. The lowest BCUT2D eigenvalue weighted by molar-refractivity contribution is -0.906. The fraction of sp³-hybridized carbons (Fsp3) is 0.350. The molecule has 0 saturated carbocycles. The monoisotopic (exact) mass is 383 g/mol. The second-order valence-corrected chi connectivity index (χ2v) is 8.11. The predicted molar refractivity (Wildman–Crippen MR) is 105 cm³/mol. The molecule has 6 nitrogen and oxygen atoms in total. The van der Waals surface area contributed by atoms with Crippen LogP contribution in [-0.2, 0) is 11.3 Å². The van der Waals surface area contributed by atoms with Crippen molar-refractivity contribution in [2.75, 3.05) is 18.4 Å². The van der Waals surface area contributed by atoms with Crippen molar-refractivity contribution in [3.63, 3.8) is 0 Å². The van der Waals surface area contributed by atoms with Crippen LogP contribution in [-0.4, -0.2) is 35.3 Å². The summed E-state index contributed by atoms with van der Waals surface area (Å²) in [4.78, 5) is 31.5. The van der Waals surface area contributed by atoms with Gasteiger partial charge in [-0.15, -0.1) is 0 Å². The van der Waals surface area contributed by atoms with E-state index in [0.29, 0.717) is 12.1 Å². The first kappa shape index (κ1) is 18.0. The molecule has 1 saturated heterocycles. The van der Waals surface area contributed by atoms with Crippen LogP contribution in [0.25, 0.3) is 0 Å². The van der Waals surface area contributed by atoms with E-state index in [1.807, 2.05) is 24.3 Å². The first-order valence-corrected chi connectivity index (χ1v) is 10.2. The third kappa shape index (κ3) is 4.14. The summed E-state index contributed by atoms with van der Waals surface area (Å²) in [6.07, 6.45) is 7.06. The fourth-order valence-corrected chi connectivity index (χ4v) is 4.78. The molecule has 3 N–H and O–H groups in total. The summed E-state index contributed by atoms with van der Waals surface area (Å²) in [7, 11) is 0. The van der Waals surface area contributed by atoms with Gasteiger partial charge in [0.15, 0.2) is 0 Å². The van der Waals surface area contributed by atoms with Crippen LogP contribution in [0.5, 0.6) is 0 Å². The number of carbonyl (C=O) groups is 2. The van der Waals surface area contributed by atoms with Gasteiger partial charge in [-0.2, -0.15) is 0 Å². The van der Waals surface area contributed by atoms with E-state index in [1.165, 1.54) is 24.2 Å².